The molecule has 5 rings (SSSR count). The highest BCUT2D eigenvalue weighted by molar-refractivity contribution is 6.31. The van der Waals surface area contributed by atoms with E-state index < -0.39 is 11.6 Å². The van der Waals surface area contributed by atoms with E-state index in [-0.39, 0.29) is 21.6 Å². The number of hydrogen-bond acceptors (Lipinski definition) is 3. The van der Waals surface area contributed by atoms with Crippen molar-refractivity contribution in [2.75, 3.05) is 0 Å². The van der Waals surface area contributed by atoms with E-state index in [0.29, 0.717) is 28.5 Å². The number of benzene rings is 3. The first-order chi connectivity index (χ1) is 15.9. The Labute approximate surface area is 198 Å². The fraction of sp³-hybridized carbons (Fsp3) is 0.0400. The predicted molar refractivity (Wildman–Crippen MR) is 125 cm³/mol. The number of oxazole rings is 1. The summed E-state index contributed by atoms with van der Waals surface area (Å²) in [6, 6.07) is 18.2. The van der Waals surface area contributed by atoms with Gasteiger partial charge in [0.2, 0.25) is 5.89 Å². The summed E-state index contributed by atoms with van der Waals surface area (Å²) in [6.45, 7) is 1.78. The lowest BCUT2D eigenvalue weighted by molar-refractivity contribution is 0.571. The molecule has 0 saturated carbocycles. The number of hydrogen-bond donors (Lipinski definition) is 0. The summed E-state index contributed by atoms with van der Waals surface area (Å²) in [5.74, 6) is -0.532. The van der Waals surface area contributed by atoms with Crippen molar-refractivity contribution in [2.24, 2.45) is 0 Å². The zero-order chi connectivity index (χ0) is 23.1. The summed E-state index contributed by atoms with van der Waals surface area (Å²) in [7, 11) is 0. The predicted octanol–water partition coefficient (Wildman–Crippen LogP) is 7.75. The van der Waals surface area contributed by atoms with Gasteiger partial charge < -0.3 is 4.42 Å². The third-order valence-electron chi connectivity index (χ3n) is 5.10. The molecule has 0 atom stereocenters. The van der Waals surface area contributed by atoms with E-state index in [1.807, 2.05) is 30.3 Å². The van der Waals surface area contributed by atoms with E-state index >= 15 is 4.39 Å². The van der Waals surface area contributed by atoms with Crippen molar-refractivity contribution in [3.05, 3.63) is 100 Å². The average Bonchev–Trinajstić information content (AvgIpc) is 3.42. The lowest BCUT2D eigenvalue weighted by Crippen LogP contribution is -2.03. The molecule has 0 amide bonds. The second kappa shape index (κ2) is 8.46. The minimum atomic E-state index is -0.627. The van der Waals surface area contributed by atoms with Crippen LogP contribution < -0.4 is 0 Å². The van der Waals surface area contributed by atoms with Crippen LogP contribution in [0.2, 0.25) is 10.0 Å². The van der Waals surface area contributed by atoms with Gasteiger partial charge in [0.15, 0.2) is 11.5 Å². The fourth-order valence-electron chi connectivity index (χ4n) is 3.62. The Morgan fingerprint density at radius 3 is 2.33 bits per heavy atom. The molecule has 8 heteroatoms. The maximum absolute atomic E-state index is 15.3. The Hall–Kier alpha value is -3.48. The first-order valence-corrected chi connectivity index (χ1v) is 10.7. The summed E-state index contributed by atoms with van der Waals surface area (Å²) < 4.78 is 36.6. The number of nitrogens with zero attached hydrogens (tertiary/aromatic N) is 3. The molecule has 0 bridgehead atoms. The van der Waals surface area contributed by atoms with Crippen LogP contribution in [0, 0.1) is 18.6 Å². The van der Waals surface area contributed by atoms with Gasteiger partial charge >= 0.3 is 0 Å². The van der Waals surface area contributed by atoms with E-state index in [9.17, 15) is 4.39 Å². The lowest BCUT2D eigenvalue weighted by atomic mass is 10.1. The number of aromatic nitrogens is 3. The molecule has 164 valence electrons. The molecule has 4 nitrogen and oxygen atoms in total. The van der Waals surface area contributed by atoms with Crippen LogP contribution in [-0.4, -0.2) is 14.5 Å². The molecule has 0 fully saturated rings. The second-order valence-corrected chi connectivity index (χ2v) is 8.14. The molecule has 2 aromatic heterocycles. The molecular formula is C25H15Cl2F2N3O. The van der Waals surface area contributed by atoms with Gasteiger partial charge in [-0.3, -0.25) is 4.57 Å². The summed E-state index contributed by atoms with van der Waals surface area (Å²) in [6.07, 6.45) is 1.50. The van der Waals surface area contributed by atoms with Gasteiger partial charge in [-0.25, -0.2) is 18.7 Å². The highest BCUT2D eigenvalue weighted by Crippen LogP contribution is 2.40. The maximum Gasteiger partial charge on any atom is 0.247 e. The lowest BCUT2D eigenvalue weighted by Gasteiger charge is -2.15. The zero-order valence-electron chi connectivity index (χ0n) is 17.2. The topological polar surface area (TPSA) is 43.9 Å². The quantitative estimate of drug-likeness (QED) is 0.263. The molecule has 5 aromatic rings. The van der Waals surface area contributed by atoms with Gasteiger partial charge in [-0.1, -0.05) is 59.6 Å². The molecule has 3 aromatic carbocycles. The van der Waals surface area contributed by atoms with Crippen molar-refractivity contribution in [1.29, 1.82) is 0 Å². The summed E-state index contributed by atoms with van der Waals surface area (Å²) >= 11 is 12.2. The molecule has 0 N–H and O–H groups in total. The van der Waals surface area contributed by atoms with Crippen molar-refractivity contribution in [3.63, 3.8) is 0 Å². The van der Waals surface area contributed by atoms with Crippen molar-refractivity contribution >= 4 is 23.2 Å². The largest absolute Gasteiger partial charge is 0.443 e. The molecule has 0 aliphatic heterocycles. The van der Waals surface area contributed by atoms with Crippen LogP contribution in [0.3, 0.4) is 0 Å². The van der Waals surface area contributed by atoms with Crippen molar-refractivity contribution < 1.29 is 13.2 Å². The molecular weight excluding hydrogens is 467 g/mol. The molecule has 33 heavy (non-hydrogen) atoms. The monoisotopic (exact) mass is 481 g/mol. The van der Waals surface area contributed by atoms with E-state index in [1.165, 1.54) is 24.5 Å². The van der Waals surface area contributed by atoms with Gasteiger partial charge in [-0.2, -0.15) is 0 Å². The zero-order valence-corrected chi connectivity index (χ0v) is 18.7. The van der Waals surface area contributed by atoms with Crippen molar-refractivity contribution in [2.45, 2.75) is 6.92 Å². The highest BCUT2D eigenvalue weighted by atomic mass is 35.5. The van der Waals surface area contributed by atoms with Crippen LogP contribution in [-0.2, 0) is 0 Å². The number of imidazole rings is 1. The minimum absolute atomic E-state index is 0.0446. The Kier molecular flexibility index (Phi) is 5.48. The van der Waals surface area contributed by atoms with Crippen molar-refractivity contribution in [1.82, 2.24) is 14.5 Å². The first-order valence-electron chi connectivity index (χ1n) is 9.94. The maximum atomic E-state index is 15.3. The Balaban J connectivity index is 1.93. The van der Waals surface area contributed by atoms with E-state index in [2.05, 4.69) is 4.98 Å². The molecule has 0 aliphatic rings. The smallest absolute Gasteiger partial charge is 0.247 e. The average molecular weight is 482 g/mol. The molecule has 0 saturated heterocycles. The number of halogens is 4. The fourth-order valence-corrected chi connectivity index (χ4v) is 3.97. The minimum Gasteiger partial charge on any atom is -0.443 e. The van der Waals surface area contributed by atoms with Crippen LogP contribution in [0.15, 0.2) is 77.4 Å². The van der Waals surface area contributed by atoms with Crippen LogP contribution in [0.4, 0.5) is 8.78 Å². The SMILES string of the molecule is Cc1coc(-c2nc(-c3ccccc3)n(-c3cccc(Cl)c3F)c2-c2ccc(F)c(Cl)c2)n1. The Morgan fingerprint density at radius 2 is 1.64 bits per heavy atom. The summed E-state index contributed by atoms with van der Waals surface area (Å²) in [5, 5.41) is -0.126. The molecule has 0 spiro atoms. The molecule has 0 radical (unpaired) electrons. The van der Waals surface area contributed by atoms with E-state index in [4.69, 9.17) is 32.6 Å². The van der Waals surface area contributed by atoms with Gasteiger partial charge in [-0.05, 0) is 37.3 Å². The van der Waals surface area contributed by atoms with E-state index in [0.717, 1.165) is 5.56 Å². The van der Waals surface area contributed by atoms with Crippen LogP contribution in [0.25, 0.3) is 39.9 Å². The Bertz CT molecular complexity index is 1480. The van der Waals surface area contributed by atoms with Gasteiger partial charge in [0, 0.05) is 11.1 Å². The van der Waals surface area contributed by atoms with Crippen LogP contribution in [0.5, 0.6) is 0 Å². The highest BCUT2D eigenvalue weighted by Gasteiger charge is 2.27. The number of rotatable bonds is 4. The van der Waals surface area contributed by atoms with Gasteiger partial charge in [0.05, 0.1) is 27.1 Å². The van der Waals surface area contributed by atoms with Crippen LogP contribution >= 0.6 is 23.2 Å². The molecule has 0 aliphatic carbocycles. The van der Waals surface area contributed by atoms with Gasteiger partial charge in [-0.15, -0.1) is 0 Å². The summed E-state index contributed by atoms with van der Waals surface area (Å²) in [5.41, 5.74) is 2.82. The second-order valence-electron chi connectivity index (χ2n) is 7.33. The molecule has 0 unspecified atom stereocenters. The van der Waals surface area contributed by atoms with Crippen molar-refractivity contribution in [3.8, 4) is 39.9 Å². The standard InChI is InChI=1S/C25H15Cl2F2N3O/c1-14-13-33-25(30-14)22-23(16-10-11-19(28)18(27)12-16)32(20-9-5-8-17(26)21(20)29)24(31-22)15-6-3-2-4-7-15/h2-13H,1H3. The number of aryl methyl sites for hydroxylation is 1. The molecule has 2 heterocycles. The third kappa shape index (κ3) is 3.81. The van der Waals surface area contributed by atoms with E-state index in [1.54, 1.807) is 29.7 Å². The third-order valence-corrected chi connectivity index (χ3v) is 5.68. The van der Waals surface area contributed by atoms with Crippen LogP contribution in [0.1, 0.15) is 5.69 Å². The first kappa shape index (κ1) is 21.4. The van der Waals surface area contributed by atoms with Gasteiger partial charge in [0.25, 0.3) is 0 Å². The normalized spacial score (nSPS) is 11.2. The van der Waals surface area contributed by atoms with Gasteiger partial charge in [0.1, 0.15) is 17.9 Å². The summed E-state index contributed by atoms with van der Waals surface area (Å²) in [4.78, 5) is 9.22. The Morgan fingerprint density at radius 1 is 0.848 bits per heavy atom.